The predicted molar refractivity (Wildman–Crippen MR) is 105 cm³/mol. The molecule has 1 aliphatic rings. The maximum atomic E-state index is 12.6. The summed E-state index contributed by atoms with van der Waals surface area (Å²) < 4.78 is 16.2. The highest BCUT2D eigenvalue weighted by molar-refractivity contribution is 6.14. The zero-order valence-electron chi connectivity index (χ0n) is 16.0. The van der Waals surface area contributed by atoms with Gasteiger partial charge < -0.3 is 29.7 Å². The van der Waals surface area contributed by atoms with E-state index in [1.54, 1.807) is 18.2 Å². The number of para-hydroxylation sites is 1. The molecule has 1 aliphatic heterocycles. The number of amides is 1. The lowest BCUT2D eigenvalue weighted by molar-refractivity contribution is -0.143. The second-order valence-electron chi connectivity index (χ2n) is 6.27. The second-order valence-corrected chi connectivity index (χ2v) is 6.27. The highest BCUT2D eigenvalue weighted by atomic mass is 16.5. The summed E-state index contributed by atoms with van der Waals surface area (Å²) >= 11 is 0. The van der Waals surface area contributed by atoms with Crippen molar-refractivity contribution in [2.75, 3.05) is 20.3 Å². The Morgan fingerprint density at radius 1 is 1.23 bits per heavy atom. The number of benzene rings is 2. The van der Waals surface area contributed by atoms with Crippen molar-refractivity contribution in [1.82, 2.24) is 5.32 Å². The van der Waals surface area contributed by atoms with E-state index in [1.165, 1.54) is 25.3 Å². The van der Waals surface area contributed by atoms with Crippen LogP contribution in [0.15, 0.2) is 48.2 Å². The van der Waals surface area contributed by atoms with E-state index < -0.39 is 31.1 Å². The minimum absolute atomic E-state index is 0.122. The van der Waals surface area contributed by atoms with Gasteiger partial charge >= 0.3 is 5.97 Å². The number of ketones is 1. The number of hydrogen-bond donors (Lipinski definition) is 3. The summed E-state index contributed by atoms with van der Waals surface area (Å²) in [6, 6.07) is 10.2. The maximum Gasteiger partial charge on any atom is 0.328 e. The Morgan fingerprint density at radius 2 is 2.00 bits per heavy atom. The fourth-order valence-corrected chi connectivity index (χ4v) is 2.75. The number of ether oxygens (including phenoxy) is 3. The van der Waals surface area contributed by atoms with Crippen molar-refractivity contribution in [3.05, 3.63) is 59.4 Å². The molecule has 2 aromatic rings. The topological polar surface area (TPSA) is 131 Å². The standard InChI is InChI=1S/C21H19NO8/c1-28-16-5-3-2-4-12(16)8-18-20(25)14-7-6-13(9-17(14)30-18)29-11-19(24)22-15(10-23)21(26)27/h2-9,15,23H,10-11H2,1H3,(H,22,24)(H,26,27). The average Bonchev–Trinajstić information content (AvgIpc) is 3.05. The third kappa shape index (κ3) is 4.58. The van der Waals surface area contributed by atoms with E-state index in [4.69, 9.17) is 24.4 Å². The molecular formula is C21H19NO8. The summed E-state index contributed by atoms with van der Waals surface area (Å²) in [5.41, 5.74) is 1.03. The van der Waals surface area contributed by atoms with Crippen molar-refractivity contribution in [3.63, 3.8) is 0 Å². The van der Waals surface area contributed by atoms with Crippen LogP contribution in [0.2, 0.25) is 0 Å². The highest BCUT2D eigenvalue weighted by Crippen LogP contribution is 2.35. The molecule has 0 aromatic heterocycles. The van der Waals surface area contributed by atoms with Crippen LogP contribution in [0.25, 0.3) is 6.08 Å². The van der Waals surface area contributed by atoms with Crippen LogP contribution >= 0.6 is 0 Å². The summed E-state index contributed by atoms with van der Waals surface area (Å²) in [7, 11) is 1.53. The minimum Gasteiger partial charge on any atom is -0.496 e. The molecule has 0 bridgehead atoms. The Morgan fingerprint density at radius 3 is 2.70 bits per heavy atom. The molecular weight excluding hydrogens is 394 g/mol. The number of aliphatic hydroxyl groups excluding tert-OH is 1. The first kappa shape index (κ1) is 20.9. The smallest absolute Gasteiger partial charge is 0.328 e. The molecule has 0 fully saturated rings. The number of carboxylic acids is 1. The summed E-state index contributed by atoms with van der Waals surface area (Å²) in [5, 5.41) is 19.9. The van der Waals surface area contributed by atoms with Crippen LogP contribution in [-0.2, 0) is 9.59 Å². The van der Waals surface area contributed by atoms with E-state index in [9.17, 15) is 14.4 Å². The Hall–Kier alpha value is -3.85. The van der Waals surface area contributed by atoms with Crippen LogP contribution in [0.3, 0.4) is 0 Å². The number of allylic oxidation sites excluding steroid dienone is 1. The Bertz CT molecular complexity index is 1010. The zero-order chi connectivity index (χ0) is 21.7. The van der Waals surface area contributed by atoms with Crippen LogP contribution in [0, 0.1) is 0 Å². The number of carboxylic acid groups (broad SMARTS) is 1. The van der Waals surface area contributed by atoms with E-state index in [0.29, 0.717) is 16.9 Å². The highest BCUT2D eigenvalue weighted by Gasteiger charge is 2.28. The van der Waals surface area contributed by atoms with Gasteiger partial charge in [0, 0.05) is 11.6 Å². The number of nitrogens with one attached hydrogen (secondary N) is 1. The van der Waals surface area contributed by atoms with Gasteiger partial charge in [-0.05, 0) is 24.3 Å². The molecule has 1 unspecified atom stereocenters. The monoisotopic (exact) mass is 413 g/mol. The molecule has 0 saturated heterocycles. The average molecular weight is 413 g/mol. The van der Waals surface area contributed by atoms with Crippen LogP contribution in [-0.4, -0.2) is 54.2 Å². The molecule has 1 amide bonds. The zero-order valence-corrected chi connectivity index (χ0v) is 16.0. The Balaban J connectivity index is 1.69. The molecule has 1 atom stereocenters. The predicted octanol–water partition coefficient (Wildman–Crippen LogP) is 1.25. The van der Waals surface area contributed by atoms with Gasteiger partial charge in [-0.3, -0.25) is 9.59 Å². The minimum atomic E-state index is -1.41. The molecule has 1 heterocycles. The Labute approximate surface area is 171 Å². The fraction of sp³-hybridized carbons (Fsp3) is 0.190. The van der Waals surface area contributed by atoms with Gasteiger partial charge in [0.15, 0.2) is 12.4 Å². The third-order valence-corrected chi connectivity index (χ3v) is 4.25. The second kappa shape index (κ2) is 9.10. The number of hydrogen-bond acceptors (Lipinski definition) is 7. The molecule has 30 heavy (non-hydrogen) atoms. The molecule has 2 aromatic carbocycles. The van der Waals surface area contributed by atoms with Gasteiger partial charge in [-0.2, -0.15) is 0 Å². The number of fused-ring (bicyclic) bond motifs is 1. The molecule has 156 valence electrons. The summed E-state index contributed by atoms with van der Waals surface area (Å²) in [4.78, 5) is 35.2. The van der Waals surface area contributed by atoms with Gasteiger partial charge in [-0.1, -0.05) is 18.2 Å². The van der Waals surface area contributed by atoms with Crippen LogP contribution in [0.1, 0.15) is 15.9 Å². The normalized spacial score (nSPS) is 14.6. The first-order valence-corrected chi connectivity index (χ1v) is 8.90. The van der Waals surface area contributed by atoms with Gasteiger partial charge in [0.05, 0.1) is 19.3 Å². The summed E-state index contributed by atoms with van der Waals surface area (Å²) in [5.74, 6) is -1.13. The Kier molecular flexibility index (Phi) is 6.33. The molecule has 3 N–H and O–H groups in total. The molecule has 0 spiro atoms. The first-order valence-electron chi connectivity index (χ1n) is 8.90. The summed E-state index contributed by atoms with van der Waals surface area (Å²) in [6.07, 6.45) is 1.58. The molecule has 0 saturated carbocycles. The first-order chi connectivity index (χ1) is 14.4. The molecule has 9 heteroatoms. The summed E-state index contributed by atoms with van der Waals surface area (Å²) in [6.45, 7) is -1.21. The number of carbonyl (C=O) groups excluding carboxylic acids is 2. The van der Waals surface area contributed by atoms with Crippen molar-refractivity contribution >= 4 is 23.7 Å². The SMILES string of the molecule is COc1ccccc1C=C1Oc2cc(OCC(=O)NC(CO)C(=O)O)ccc2C1=O. The lowest BCUT2D eigenvalue weighted by Gasteiger charge is -2.12. The number of Topliss-reactive ketones (excluding diaryl/α,β-unsaturated/α-hetero) is 1. The van der Waals surface area contributed by atoms with E-state index in [-0.39, 0.29) is 23.0 Å². The van der Waals surface area contributed by atoms with E-state index in [0.717, 1.165) is 0 Å². The lowest BCUT2D eigenvalue weighted by Crippen LogP contribution is -2.45. The van der Waals surface area contributed by atoms with Crippen LogP contribution in [0.4, 0.5) is 0 Å². The van der Waals surface area contributed by atoms with Crippen molar-refractivity contribution in [2.24, 2.45) is 0 Å². The number of aliphatic carboxylic acids is 1. The maximum absolute atomic E-state index is 12.6. The molecule has 0 aliphatic carbocycles. The van der Waals surface area contributed by atoms with Gasteiger partial charge in [0.2, 0.25) is 5.78 Å². The van der Waals surface area contributed by atoms with Gasteiger partial charge in [-0.25, -0.2) is 4.79 Å². The van der Waals surface area contributed by atoms with Crippen molar-refractivity contribution in [3.8, 4) is 17.2 Å². The van der Waals surface area contributed by atoms with Crippen molar-refractivity contribution in [2.45, 2.75) is 6.04 Å². The largest absolute Gasteiger partial charge is 0.496 e. The number of methoxy groups -OCH3 is 1. The third-order valence-electron chi connectivity index (χ3n) is 4.25. The number of aliphatic hydroxyl groups is 1. The number of carbonyl (C=O) groups is 3. The van der Waals surface area contributed by atoms with Gasteiger partial charge in [0.25, 0.3) is 5.91 Å². The quantitative estimate of drug-likeness (QED) is 0.551. The van der Waals surface area contributed by atoms with E-state index in [1.807, 2.05) is 12.1 Å². The number of rotatable bonds is 8. The molecule has 9 nitrogen and oxygen atoms in total. The van der Waals surface area contributed by atoms with Crippen LogP contribution < -0.4 is 19.5 Å². The molecule has 3 rings (SSSR count). The van der Waals surface area contributed by atoms with Crippen molar-refractivity contribution < 1.29 is 38.8 Å². The van der Waals surface area contributed by atoms with Gasteiger partial charge in [-0.15, -0.1) is 0 Å². The lowest BCUT2D eigenvalue weighted by atomic mass is 10.1. The van der Waals surface area contributed by atoms with Gasteiger partial charge in [0.1, 0.15) is 23.3 Å². The fourth-order valence-electron chi connectivity index (χ4n) is 2.75. The molecule has 0 radical (unpaired) electrons. The van der Waals surface area contributed by atoms with E-state index in [2.05, 4.69) is 5.32 Å². The van der Waals surface area contributed by atoms with Crippen LogP contribution in [0.5, 0.6) is 17.2 Å². The van der Waals surface area contributed by atoms with E-state index >= 15 is 0 Å². The van der Waals surface area contributed by atoms with Crippen molar-refractivity contribution in [1.29, 1.82) is 0 Å².